The summed E-state index contributed by atoms with van der Waals surface area (Å²) in [5.41, 5.74) is 0. The van der Waals surface area contributed by atoms with Crippen molar-refractivity contribution in [1.29, 1.82) is 0 Å². The maximum absolute atomic E-state index is 3.75. The van der Waals surface area contributed by atoms with E-state index in [0.29, 0.717) is 0 Å². The Labute approximate surface area is 52.5 Å². The normalized spacial score (nSPS) is 9.75. The summed E-state index contributed by atoms with van der Waals surface area (Å²) >= 11 is 0. The van der Waals surface area contributed by atoms with E-state index in [1.807, 2.05) is 0 Å². The summed E-state index contributed by atoms with van der Waals surface area (Å²) in [5, 5.41) is 2.86. The van der Waals surface area contributed by atoms with E-state index in [0.717, 1.165) is 13.0 Å². The first-order chi connectivity index (χ1) is 3.91. The molecule has 0 fully saturated rings. The molecule has 0 saturated carbocycles. The Morgan fingerprint density at radius 2 is 1.88 bits per heavy atom. The van der Waals surface area contributed by atoms with Gasteiger partial charge in [0, 0.05) is 7.05 Å². The lowest BCUT2D eigenvalue weighted by Gasteiger charge is -1.95. The van der Waals surface area contributed by atoms with Gasteiger partial charge in [-0.2, -0.15) is 0 Å². The van der Waals surface area contributed by atoms with Crippen molar-refractivity contribution in [3.05, 3.63) is 14.0 Å². The Hall–Kier alpha value is -0.0400. The van der Waals surface area contributed by atoms with E-state index in [1.165, 1.54) is 19.3 Å². The summed E-state index contributed by atoms with van der Waals surface area (Å²) in [6, 6.07) is 0. The summed E-state index contributed by atoms with van der Waals surface area (Å²) in [4.78, 5) is 0. The molecule has 0 spiro atoms. The zero-order chi connectivity index (χ0) is 6.24. The van der Waals surface area contributed by atoms with Crippen molar-refractivity contribution in [2.24, 2.45) is 0 Å². The Bertz CT molecular complexity index is 29.4. The van der Waals surface area contributed by atoms with Crippen molar-refractivity contribution in [1.82, 2.24) is 5.32 Å². The minimum absolute atomic E-state index is 1.04. The highest BCUT2D eigenvalue weighted by atomic mass is 14.8. The molecule has 1 N–H and O–H groups in total. The van der Waals surface area contributed by atoms with Crippen molar-refractivity contribution < 1.29 is 0 Å². The summed E-state index contributed by atoms with van der Waals surface area (Å²) in [5.74, 6) is 0. The molecule has 0 unspecified atom stereocenters. The van der Waals surface area contributed by atoms with Crippen LogP contribution >= 0.6 is 0 Å². The van der Waals surface area contributed by atoms with Crippen molar-refractivity contribution in [3.8, 4) is 0 Å². The summed E-state index contributed by atoms with van der Waals surface area (Å²) in [6.45, 7) is 4.79. The number of hydrogen-bond donors (Lipinski definition) is 1. The molecular weight excluding hydrogens is 98.1 g/mol. The molecule has 0 bridgehead atoms. The molecule has 2 radical (unpaired) electrons. The maximum atomic E-state index is 3.75. The molecule has 0 aromatic carbocycles. The molecule has 48 valence electrons. The van der Waals surface area contributed by atoms with E-state index in [2.05, 4.69) is 19.3 Å². The Balaban J connectivity index is 2.53. The van der Waals surface area contributed by atoms with Crippen LogP contribution in [-0.4, -0.2) is 6.54 Å². The van der Waals surface area contributed by atoms with Gasteiger partial charge in [0.2, 0.25) is 0 Å². The average Bonchev–Trinajstić information content (AvgIpc) is 1.81. The van der Waals surface area contributed by atoms with Crippen molar-refractivity contribution in [2.45, 2.75) is 25.7 Å². The molecule has 0 aliphatic rings. The molecule has 0 aromatic heterocycles. The zero-order valence-corrected chi connectivity index (χ0v) is 5.45. The summed E-state index contributed by atoms with van der Waals surface area (Å²) in [7, 11) is 3.52. The first-order valence-electron chi connectivity index (χ1n) is 3.21. The highest BCUT2D eigenvalue weighted by Crippen LogP contribution is 1.95. The van der Waals surface area contributed by atoms with Gasteiger partial charge in [-0.25, -0.2) is 0 Å². The smallest absolute Gasteiger partial charge is 0.00767 e. The van der Waals surface area contributed by atoms with Crippen LogP contribution in [0.25, 0.3) is 0 Å². The lowest BCUT2D eigenvalue weighted by molar-refractivity contribution is 0.659. The monoisotopic (exact) mass is 113 g/mol. The van der Waals surface area contributed by atoms with E-state index in [-0.39, 0.29) is 0 Å². The van der Waals surface area contributed by atoms with Crippen LogP contribution < -0.4 is 5.32 Å². The van der Waals surface area contributed by atoms with Crippen molar-refractivity contribution in [2.75, 3.05) is 6.54 Å². The first-order valence-corrected chi connectivity index (χ1v) is 3.21. The van der Waals surface area contributed by atoms with Crippen LogP contribution in [0.15, 0.2) is 0 Å². The first kappa shape index (κ1) is 7.96. The second kappa shape index (κ2) is 6.96. The Kier molecular flexibility index (Phi) is 6.93. The van der Waals surface area contributed by atoms with Gasteiger partial charge in [-0.1, -0.05) is 26.2 Å². The molecule has 1 nitrogen and oxygen atoms in total. The average molecular weight is 113 g/mol. The second-order valence-electron chi connectivity index (χ2n) is 1.91. The van der Waals surface area contributed by atoms with Crippen LogP contribution in [-0.2, 0) is 0 Å². The van der Waals surface area contributed by atoms with E-state index in [9.17, 15) is 0 Å². The van der Waals surface area contributed by atoms with Gasteiger partial charge in [0.15, 0.2) is 0 Å². The Morgan fingerprint density at radius 1 is 1.12 bits per heavy atom. The molecule has 0 aliphatic carbocycles. The minimum atomic E-state index is 1.04. The molecule has 0 atom stereocenters. The standard InChI is InChI=1S/C7H15N/c1-3-4-5-6-7-8-2/h8H,1-7H2. The zero-order valence-electron chi connectivity index (χ0n) is 5.45. The highest BCUT2D eigenvalue weighted by molar-refractivity contribution is 4.46. The van der Waals surface area contributed by atoms with Gasteiger partial charge in [0.25, 0.3) is 0 Å². The van der Waals surface area contributed by atoms with Crippen molar-refractivity contribution in [3.63, 3.8) is 0 Å². The third kappa shape index (κ3) is 5.96. The van der Waals surface area contributed by atoms with Crippen molar-refractivity contribution >= 4 is 0 Å². The van der Waals surface area contributed by atoms with Gasteiger partial charge in [-0.3, -0.25) is 0 Å². The van der Waals surface area contributed by atoms with Gasteiger partial charge in [-0.05, 0) is 13.0 Å². The molecule has 1 heteroatoms. The number of nitrogens with one attached hydrogen (secondary N) is 1. The second-order valence-corrected chi connectivity index (χ2v) is 1.91. The van der Waals surface area contributed by atoms with Gasteiger partial charge in [0.05, 0.1) is 0 Å². The number of rotatable bonds is 5. The molecule has 0 saturated heterocycles. The molecule has 0 rings (SSSR count). The van der Waals surface area contributed by atoms with Gasteiger partial charge in [0.1, 0.15) is 0 Å². The maximum Gasteiger partial charge on any atom is 0.00767 e. The van der Waals surface area contributed by atoms with Crippen LogP contribution in [0.3, 0.4) is 0 Å². The molecule has 0 heterocycles. The molecule has 0 aromatic rings. The molecule has 0 aliphatic heterocycles. The van der Waals surface area contributed by atoms with Gasteiger partial charge in [-0.15, -0.1) is 0 Å². The van der Waals surface area contributed by atoms with Gasteiger partial charge >= 0.3 is 0 Å². The predicted octanol–water partition coefficient (Wildman–Crippen LogP) is 1.76. The van der Waals surface area contributed by atoms with E-state index >= 15 is 0 Å². The number of unbranched alkanes of at least 4 members (excludes halogenated alkanes) is 3. The fourth-order valence-electron chi connectivity index (χ4n) is 0.604. The largest absolute Gasteiger partial charge is 0.315 e. The predicted molar refractivity (Wildman–Crippen MR) is 37.2 cm³/mol. The molecule has 8 heavy (non-hydrogen) atoms. The lowest BCUT2D eigenvalue weighted by Crippen LogP contribution is -2.03. The van der Waals surface area contributed by atoms with Crippen LogP contribution in [0.5, 0.6) is 0 Å². The van der Waals surface area contributed by atoms with E-state index < -0.39 is 0 Å². The SMILES string of the molecule is [CH2]CCCCCN[CH2]. The van der Waals surface area contributed by atoms with Gasteiger partial charge < -0.3 is 5.32 Å². The topological polar surface area (TPSA) is 12.0 Å². The fourth-order valence-corrected chi connectivity index (χ4v) is 0.604. The van der Waals surface area contributed by atoms with Crippen LogP contribution in [0, 0.1) is 14.0 Å². The quantitative estimate of drug-likeness (QED) is 0.536. The molecule has 0 amide bonds. The third-order valence-electron chi connectivity index (χ3n) is 1.10. The van der Waals surface area contributed by atoms with Crippen LogP contribution in [0.4, 0.5) is 0 Å². The number of hydrogen-bond acceptors (Lipinski definition) is 1. The van der Waals surface area contributed by atoms with Crippen LogP contribution in [0.1, 0.15) is 25.7 Å². The minimum Gasteiger partial charge on any atom is -0.315 e. The molecular formula is C7H15N. The lowest BCUT2D eigenvalue weighted by atomic mass is 10.2. The van der Waals surface area contributed by atoms with Crippen LogP contribution in [0.2, 0.25) is 0 Å². The highest BCUT2D eigenvalue weighted by Gasteiger charge is 1.82. The third-order valence-corrected chi connectivity index (χ3v) is 1.10. The van der Waals surface area contributed by atoms with E-state index in [4.69, 9.17) is 0 Å². The fraction of sp³-hybridized carbons (Fsp3) is 0.714. The summed E-state index contributed by atoms with van der Waals surface area (Å²) < 4.78 is 0. The van der Waals surface area contributed by atoms with E-state index in [1.54, 1.807) is 0 Å². The summed E-state index contributed by atoms with van der Waals surface area (Å²) in [6.07, 6.45) is 4.84. The Morgan fingerprint density at radius 3 is 2.38 bits per heavy atom.